The minimum Gasteiger partial charge on any atom is -0.339 e. The maximum atomic E-state index is 8.65. The van der Waals surface area contributed by atoms with E-state index in [0.29, 0.717) is 18.3 Å². The SMILES string of the molecule is CCN(CC)c1noc(CC(C)C#N)n1. The average Bonchev–Trinajstić information content (AvgIpc) is 2.68. The maximum Gasteiger partial charge on any atom is 0.266 e. The third kappa shape index (κ3) is 2.94. The van der Waals surface area contributed by atoms with Crippen LogP contribution in [0.15, 0.2) is 4.52 Å². The lowest BCUT2D eigenvalue weighted by atomic mass is 10.1. The summed E-state index contributed by atoms with van der Waals surface area (Å²) >= 11 is 0. The number of aromatic nitrogens is 2. The zero-order valence-corrected chi connectivity index (χ0v) is 9.40. The van der Waals surface area contributed by atoms with Crippen LogP contribution in [-0.4, -0.2) is 23.2 Å². The van der Waals surface area contributed by atoms with Gasteiger partial charge in [0.1, 0.15) is 0 Å². The van der Waals surface area contributed by atoms with Gasteiger partial charge in [-0.1, -0.05) is 0 Å². The van der Waals surface area contributed by atoms with Crippen molar-refractivity contribution in [2.24, 2.45) is 5.92 Å². The largest absolute Gasteiger partial charge is 0.339 e. The molecule has 5 nitrogen and oxygen atoms in total. The average molecular weight is 208 g/mol. The molecule has 0 amide bonds. The topological polar surface area (TPSA) is 66.0 Å². The van der Waals surface area contributed by atoms with Gasteiger partial charge in [-0.2, -0.15) is 10.2 Å². The Kier molecular flexibility index (Phi) is 4.10. The fraction of sp³-hybridized carbons (Fsp3) is 0.700. The van der Waals surface area contributed by atoms with E-state index in [2.05, 4.69) is 16.2 Å². The molecular formula is C10H16N4O. The lowest BCUT2D eigenvalue weighted by Gasteiger charge is -2.14. The van der Waals surface area contributed by atoms with Crippen molar-refractivity contribution < 1.29 is 4.52 Å². The second-order valence-electron chi connectivity index (χ2n) is 3.39. The zero-order chi connectivity index (χ0) is 11.3. The van der Waals surface area contributed by atoms with E-state index in [9.17, 15) is 0 Å². The Morgan fingerprint density at radius 1 is 1.47 bits per heavy atom. The van der Waals surface area contributed by atoms with Crippen LogP contribution in [0.4, 0.5) is 5.95 Å². The van der Waals surface area contributed by atoms with Crippen LogP contribution in [0, 0.1) is 17.2 Å². The summed E-state index contributed by atoms with van der Waals surface area (Å²) in [6, 6.07) is 2.14. The summed E-state index contributed by atoms with van der Waals surface area (Å²) in [6.45, 7) is 7.61. The van der Waals surface area contributed by atoms with Crippen LogP contribution >= 0.6 is 0 Å². The van der Waals surface area contributed by atoms with Gasteiger partial charge in [0.15, 0.2) is 0 Å². The van der Waals surface area contributed by atoms with Crippen LogP contribution in [-0.2, 0) is 6.42 Å². The second-order valence-corrected chi connectivity index (χ2v) is 3.39. The number of nitrogens with zero attached hydrogens (tertiary/aromatic N) is 4. The Labute approximate surface area is 89.7 Å². The normalized spacial score (nSPS) is 12.1. The van der Waals surface area contributed by atoms with Gasteiger partial charge in [0.2, 0.25) is 5.89 Å². The molecule has 15 heavy (non-hydrogen) atoms. The molecule has 0 bridgehead atoms. The highest BCUT2D eigenvalue weighted by Crippen LogP contribution is 2.11. The standard InChI is InChI=1S/C10H16N4O/c1-4-14(5-2)10-12-9(15-13-10)6-8(3)7-11/h8H,4-6H2,1-3H3. The molecule has 1 heterocycles. The van der Waals surface area contributed by atoms with Crippen LogP contribution in [0.25, 0.3) is 0 Å². The first-order chi connectivity index (χ1) is 7.21. The van der Waals surface area contributed by atoms with Crippen LogP contribution < -0.4 is 4.90 Å². The van der Waals surface area contributed by atoms with Crippen molar-refractivity contribution in [3.63, 3.8) is 0 Å². The van der Waals surface area contributed by atoms with Gasteiger partial charge >= 0.3 is 0 Å². The molecule has 0 aliphatic rings. The molecule has 1 aromatic heterocycles. The fourth-order valence-corrected chi connectivity index (χ4v) is 1.27. The molecule has 0 saturated carbocycles. The predicted octanol–water partition coefficient (Wildman–Crippen LogP) is 1.62. The number of hydrogen-bond acceptors (Lipinski definition) is 5. The molecular weight excluding hydrogens is 192 g/mol. The van der Waals surface area contributed by atoms with E-state index >= 15 is 0 Å². The van der Waals surface area contributed by atoms with E-state index < -0.39 is 0 Å². The van der Waals surface area contributed by atoms with Crippen LogP contribution in [0.5, 0.6) is 0 Å². The molecule has 1 unspecified atom stereocenters. The van der Waals surface area contributed by atoms with Crippen LogP contribution in [0.1, 0.15) is 26.7 Å². The second kappa shape index (κ2) is 5.35. The van der Waals surface area contributed by atoms with E-state index in [1.807, 2.05) is 25.7 Å². The third-order valence-electron chi connectivity index (χ3n) is 2.20. The van der Waals surface area contributed by atoms with Crippen molar-refractivity contribution in [2.75, 3.05) is 18.0 Å². The molecule has 0 aliphatic heterocycles. The lowest BCUT2D eigenvalue weighted by molar-refractivity contribution is 0.368. The quantitative estimate of drug-likeness (QED) is 0.735. The number of anilines is 1. The highest BCUT2D eigenvalue weighted by molar-refractivity contribution is 5.26. The predicted molar refractivity (Wildman–Crippen MR) is 56.3 cm³/mol. The molecule has 0 fully saturated rings. The zero-order valence-electron chi connectivity index (χ0n) is 9.40. The monoisotopic (exact) mass is 208 g/mol. The summed E-state index contributed by atoms with van der Waals surface area (Å²) in [6.07, 6.45) is 0.519. The first kappa shape index (κ1) is 11.5. The van der Waals surface area contributed by atoms with E-state index in [4.69, 9.17) is 9.78 Å². The minimum atomic E-state index is -0.0880. The number of hydrogen-bond donors (Lipinski definition) is 0. The molecule has 1 rings (SSSR count). The first-order valence-electron chi connectivity index (χ1n) is 5.18. The van der Waals surface area contributed by atoms with Crippen LogP contribution in [0.2, 0.25) is 0 Å². The first-order valence-corrected chi connectivity index (χ1v) is 5.18. The Morgan fingerprint density at radius 2 is 2.13 bits per heavy atom. The van der Waals surface area contributed by atoms with Crippen molar-refractivity contribution in [2.45, 2.75) is 27.2 Å². The van der Waals surface area contributed by atoms with Crippen LogP contribution in [0.3, 0.4) is 0 Å². The van der Waals surface area contributed by atoms with E-state index in [-0.39, 0.29) is 5.92 Å². The molecule has 0 radical (unpaired) electrons. The molecule has 0 aromatic carbocycles. The number of rotatable bonds is 5. The Hall–Kier alpha value is -1.57. The Balaban J connectivity index is 2.68. The summed E-state index contributed by atoms with van der Waals surface area (Å²) in [5.41, 5.74) is 0. The molecule has 0 saturated heterocycles. The Morgan fingerprint density at radius 3 is 2.67 bits per heavy atom. The van der Waals surface area contributed by atoms with Gasteiger partial charge in [0.25, 0.3) is 5.95 Å². The van der Waals surface area contributed by atoms with Crippen molar-refractivity contribution >= 4 is 5.95 Å². The summed E-state index contributed by atoms with van der Waals surface area (Å²) in [5.74, 6) is 1.06. The van der Waals surface area contributed by atoms with Gasteiger partial charge in [-0.25, -0.2) is 0 Å². The summed E-state index contributed by atoms with van der Waals surface area (Å²) in [4.78, 5) is 6.24. The van der Waals surface area contributed by atoms with E-state index in [0.717, 1.165) is 13.1 Å². The summed E-state index contributed by atoms with van der Waals surface area (Å²) in [7, 11) is 0. The summed E-state index contributed by atoms with van der Waals surface area (Å²) < 4.78 is 5.07. The summed E-state index contributed by atoms with van der Waals surface area (Å²) in [5, 5.41) is 12.5. The van der Waals surface area contributed by atoms with Gasteiger partial charge in [-0.15, -0.1) is 0 Å². The van der Waals surface area contributed by atoms with Gasteiger partial charge in [0, 0.05) is 19.5 Å². The highest BCUT2D eigenvalue weighted by Gasteiger charge is 2.13. The smallest absolute Gasteiger partial charge is 0.266 e. The van der Waals surface area contributed by atoms with Gasteiger partial charge in [-0.05, 0) is 25.9 Å². The molecule has 5 heteroatoms. The molecule has 1 atom stereocenters. The van der Waals surface area contributed by atoms with Crippen molar-refractivity contribution in [1.29, 1.82) is 5.26 Å². The lowest BCUT2D eigenvalue weighted by Crippen LogP contribution is -2.23. The molecule has 0 spiro atoms. The Bertz CT molecular complexity index is 337. The van der Waals surface area contributed by atoms with Gasteiger partial charge < -0.3 is 9.42 Å². The van der Waals surface area contributed by atoms with Crippen molar-refractivity contribution in [3.8, 4) is 6.07 Å². The molecule has 82 valence electrons. The fourth-order valence-electron chi connectivity index (χ4n) is 1.27. The van der Waals surface area contributed by atoms with Crippen molar-refractivity contribution in [1.82, 2.24) is 10.1 Å². The highest BCUT2D eigenvalue weighted by atomic mass is 16.5. The number of nitriles is 1. The molecule has 0 N–H and O–H groups in total. The van der Waals surface area contributed by atoms with Crippen molar-refractivity contribution in [3.05, 3.63) is 5.89 Å². The third-order valence-corrected chi connectivity index (χ3v) is 2.20. The maximum absolute atomic E-state index is 8.65. The minimum absolute atomic E-state index is 0.0880. The van der Waals surface area contributed by atoms with E-state index in [1.54, 1.807) is 0 Å². The van der Waals surface area contributed by atoms with Gasteiger partial charge in [-0.3, -0.25) is 0 Å². The molecule has 0 aliphatic carbocycles. The molecule has 1 aromatic rings. The van der Waals surface area contributed by atoms with Gasteiger partial charge in [0.05, 0.1) is 12.0 Å². The van der Waals surface area contributed by atoms with E-state index in [1.165, 1.54) is 0 Å².